The highest BCUT2D eigenvalue weighted by Gasteiger charge is 2.34. The summed E-state index contributed by atoms with van der Waals surface area (Å²) in [5, 5.41) is 3.38. The van der Waals surface area contributed by atoms with Crippen LogP contribution in [0.2, 0.25) is 0 Å². The molecule has 0 aliphatic heterocycles. The molecule has 3 N–H and O–H groups in total. The molecule has 2 aliphatic carbocycles. The van der Waals surface area contributed by atoms with Crippen LogP contribution in [0.5, 0.6) is 0 Å². The fraction of sp³-hybridized carbons (Fsp3) is 0.571. The summed E-state index contributed by atoms with van der Waals surface area (Å²) >= 11 is 0. The van der Waals surface area contributed by atoms with E-state index in [0.29, 0.717) is 5.95 Å². The SMILES string of the molecule is Cc1cnc(N)nc1NCC[C@@H]1C[C@@H]2C=C[C@H]1C2. The van der Waals surface area contributed by atoms with Crippen LogP contribution >= 0.6 is 0 Å². The quantitative estimate of drug-likeness (QED) is 0.798. The molecule has 0 radical (unpaired) electrons. The first-order chi connectivity index (χ1) is 8.72. The molecule has 4 nitrogen and oxygen atoms in total. The number of nitrogens with zero attached hydrogens (tertiary/aromatic N) is 2. The molecular formula is C14H20N4. The van der Waals surface area contributed by atoms with Crippen LogP contribution in [-0.4, -0.2) is 16.5 Å². The van der Waals surface area contributed by atoms with Crippen LogP contribution in [0.25, 0.3) is 0 Å². The van der Waals surface area contributed by atoms with Crippen molar-refractivity contribution in [2.45, 2.75) is 26.2 Å². The molecule has 3 rings (SSSR count). The highest BCUT2D eigenvalue weighted by atomic mass is 15.1. The summed E-state index contributed by atoms with van der Waals surface area (Å²) in [6.45, 7) is 2.97. The Bertz CT molecular complexity index is 469. The molecule has 1 heterocycles. The molecule has 0 saturated heterocycles. The number of allylic oxidation sites excluding steroid dienone is 2. The summed E-state index contributed by atoms with van der Waals surface area (Å²) in [6, 6.07) is 0. The molecule has 96 valence electrons. The number of anilines is 2. The Hall–Kier alpha value is -1.58. The molecule has 1 aromatic heterocycles. The Morgan fingerprint density at radius 1 is 1.39 bits per heavy atom. The third kappa shape index (κ3) is 2.19. The lowest BCUT2D eigenvalue weighted by Gasteiger charge is -2.18. The largest absolute Gasteiger partial charge is 0.370 e. The van der Waals surface area contributed by atoms with E-state index in [-0.39, 0.29) is 0 Å². The van der Waals surface area contributed by atoms with Gasteiger partial charge in [-0.2, -0.15) is 4.98 Å². The first-order valence-electron chi connectivity index (χ1n) is 6.73. The van der Waals surface area contributed by atoms with E-state index in [1.54, 1.807) is 6.20 Å². The van der Waals surface area contributed by atoms with E-state index in [4.69, 9.17) is 5.73 Å². The van der Waals surface area contributed by atoms with Crippen LogP contribution in [-0.2, 0) is 0 Å². The summed E-state index contributed by atoms with van der Waals surface area (Å²) in [5.41, 5.74) is 6.65. The molecule has 1 fully saturated rings. The second-order valence-corrected chi connectivity index (χ2v) is 5.52. The molecule has 2 aliphatic rings. The van der Waals surface area contributed by atoms with Crippen molar-refractivity contribution in [1.82, 2.24) is 9.97 Å². The molecule has 0 amide bonds. The van der Waals surface area contributed by atoms with Crippen molar-refractivity contribution >= 4 is 11.8 Å². The summed E-state index contributed by atoms with van der Waals surface area (Å²) in [4.78, 5) is 8.20. The van der Waals surface area contributed by atoms with Crippen molar-refractivity contribution in [3.05, 3.63) is 23.9 Å². The monoisotopic (exact) mass is 244 g/mol. The fourth-order valence-electron chi connectivity index (χ4n) is 3.24. The maximum absolute atomic E-state index is 5.60. The Morgan fingerprint density at radius 2 is 2.28 bits per heavy atom. The summed E-state index contributed by atoms with van der Waals surface area (Å²) in [7, 11) is 0. The third-order valence-electron chi connectivity index (χ3n) is 4.21. The number of hydrogen-bond acceptors (Lipinski definition) is 4. The average molecular weight is 244 g/mol. The highest BCUT2D eigenvalue weighted by Crippen LogP contribution is 2.44. The zero-order valence-electron chi connectivity index (χ0n) is 10.8. The van der Waals surface area contributed by atoms with Gasteiger partial charge in [0.2, 0.25) is 5.95 Å². The minimum absolute atomic E-state index is 0.339. The number of nitrogen functional groups attached to an aromatic ring is 1. The Morgan fingerprint density at radius 3 is 3.00 bits per heavy atom. The predicted molar refractivity (Wildman–Crippen MR) is 73.1 cm³/mol. The van der Waals surface area contributed by atoms with Gasteiger partial charge < -0.3 is 11.1 Å². The summed E-state index contributed by atoms with van der Waals surface area (Å²) < 4.78 is 0. The van der Waals surface area contributed by atoms with E-state index in [0.717, 1.165) is 35.7 Å². The number of rotatable bonds is 4. The predicted octanol–water partition coefficient (Wildman–Crippen LogP) is 2.38. The van der Waals surface area contributed by atoms with Gasteiger partial charge in [0, 0.05) is 18.3 Å². The van der Waals surface area contributed by atoms with E-state index in [2.05, 4.69) is 27.4 Å². The van der Waals surface area contributed by atoms with Crippen molar-refractivity contribution in [3.63, 3.8) is 0 Å². The number of aromatic nitrogens is 2. The van der Waals surface area contributed by atoms with Gasteiger partial charge in [-0.1, -0.05) is 12.2 Å². The zero-order chi connectivity index (χ0) is 12.5. The third-order valence-corrected chi connectivity index (χ3v) is 4.21. The smallest absolute Gasteiger partial charge is 0.221 e. The van der Waals surface area contributed by atoms with Gasteiger partial charge in [-0.15, -0.1) is 0 Å². The molecule has 0 unspecified atom stereocenters. The summed E-state index contributed by atoms with van der Waals surface area (Å²) in [5.74, 6) is 3.75. The van der Waals surface area contributed by atoms with Gasteiger partial charge in [0.05, 0.1) is 0 Å². The Balaban J connectivity index is 1.53. The molecular weight excluding hydrogens is 224 g/mol. The topological polar surface area (TPSA) is 63.8 Å². The van der Waals surface area contributed by atoms with Gasteiger partial charge in [-0.05, 0) is 43.9 Å². The minimum Gasteiger partial charge on any atom is -0.370 e. The zero-order valence-corrected chi connectivity index (χ0v) is 10.8. The maximum atomic E-state index is 5.60. The molecule has 2 bridgehead atoms. The van der Waals surface area contributed by atoms with Gasteiger partial charge in [0.1, 0.15) is 5.82 Å². The van der Waals surface area contributed by atoms with Crippen molar-refractivity contribution in [3.8, 4) is 0 Å². The van der Waals surface area contributed by atoms with Gasteiger partial charge in [0.15, 0.2) is 0 Å². The van der Waals surface area contributed by atoms with Crippen LogP contribution in [0.15, 0.2) is 18.3 Å². The summed E-state index contributed by atoms with van der Waals surface area (Å²) in [6.07, 6.45) is 10.5. The molecule has 0 spiro atoms. The minimum atomic E-state index is 0.339. The van der Waals surface area contributed by atoms with Crippen molar-refractivity contribution in [1.29, 1.82) is 0 Å². The molecule has 3 atom stereocenters. The van der Waals surface area contributed by atoms with Crippen LogP contribution in [0.4, 0.5) is 11.8 Å². The Kier molecular flexibility index (Phi) is 2.94. The molecule has 4 heteroatoms. The van der Waals surface area contributed by atoms with Crippen LogP contribution in [0, 0.1) is 24.7 Å². The van der Waals surface area contributed by atoms with E-state index < -0.39 is 0 Å². The fourth-order valence-corrected chi connectivity index (χ4v) is 3.24. The molecule has 1 aromatic rings. The molecule has 1 saturated carbocycles. The second-order valence-electron chi connectivity index (χ2n) is 5.52. The van der Waals surface area contributed by atoms with E-state index in [1.165, 1.54) is 19.3 Å². The van der Waals surface area contributed by atoms with Crippen molar-refractivity contribution < 1.29 is 0 Å². The lowest BCUT2D eigenvalue weighted by atomic mass is 9.91. The standard InChI is InChI=1S/C14H20N4/c1-9-8-17-14(15)18-13(9)16-5-4-12-7-10-2-3-11(12)6-10/h2-3,8,10-12H,4-7H2,1H3,(H3,15,16,17,18)/t10-,11+,12-/m1/s1. The number of fused-ring (bicyclic) bond motifs is 2. The van der Waals surface area contributed by atoms with Crippen molar-refractivity contribution in [2.24, 2.45) is 17.8 Å². The molecule has 0 aromatic carbocycles. The number of aryl methyl sites for hydroxylation is 1. The molecule has 18 heavy (non-hydrogen) atoms. The van der Waals surface area contributed by atoms with E-state index >= 15 is 0 Å². The maximum Gasteiger partial charge on any atom is 0.221 e. The van der Waals surface area contributed by atoms with Crippen LogP contribution < -0.4 is 11.1 Å². The highest BCUT2D eigenvalue weighted by molar-refractivity contribution is 5.44. The number of nitrogens with one attached hydrogen (secondary N) is 1. The van der Waals surface area contributed by atoms with Crippen LogP contribution in [0.3, 0.4) is 0 Å². The van der Waals surface area contributed by atoms with Crippen molar-refractivity contribution in [2.75, 3.05) is 17.6 Å². The van der Waals surface area contributed by atoms with Gasteiger partial charge in [-0.25, -0.2) is 4.98 Å². The normalized spacial score (nSPS) is 28.8. The van der Waals surface area contributed by atoms with Gasteiger partial charge in [0.25, 0.3) is 0 Å². The van der Waals surface area contributed by atoms with E-state index in [1.807, 2.05) is 6.92 Å². The van der Waals surface area contributed by atoms with Gasteiger partial charge >= 0.3 is 0 Å². The van der Waals surface area contributed by atoms with Crippen LogP contribution in [0.1, 0.15) is 24.8 Å². The first-order valence-corrected chi connectivity index (χ1v) is 6.73. The first kappa shape index (κ1) is 11.5. The number of nitrogens with two attached hydrogens (primary N) is 1. The number of hydrogen-bond donors (Lipinski definition) is 2. The lowest BCUT2D eigenvalue weighted by Crippen LogP contribution is -2.14. The van der Waals surface area contributed by atoms with Gasteiger partial charge in [-0.3, -0.25) is 0 Å². The average Bonchev–Trinajstić information content (AvgIpc) is 2.96. The second kappa shape index (κ2) is 4.59. The van der Waals surface area contributed by atoms with E-state index in [9.17, 15) is 0 Å². The Labute approximate surface area is 108 Å². The lowest BCUT2D eigenvalue weighted by molar-refractivity contribution is 0.426.